The zero-order valence-corrected chi connectivity index (χ0v) is 17.1. The van der Waals surface area contributed by atoms with Crippen molar-refractivity contribution < 1.29 is 21.6 Å². The monoisotopic (exact) mass is 425 g/mol. The van der Waals surface area contributed by atoms with Crippen molar-refractivity contribution in [1.29, 1.82) is 0 Å². The minimum absolute atomic E-state index is 0.138. The molecule has 0 fully saturated rings. The maximum absolute atomic E-state index is 13.1. The van der Waals surface area contributed by atoms with E-state index in [0.29, 0.717) is 5.56 Å². The Bertz CT molecular complexity index is 1060. The highest BCUT2D eigenvalue weighted by molar-refractivity contribution is 7.89. The lowest BCUT2D eigenvalue weighted by Crippen LogP contribution is -2.12. The molecule has 3 aromatic rings. The van der Waals surface area contributed by atoms with E-state index in [4.69, 9.17) is 5.14 Å². The van der Waals surface area contributed by atoms with E-state index in [2.05, 4.69) is 18.9 Å². The van der Waals surface area contributed by atoms with Crippen LogP contribution in [0.4, 0.5) is 13.2 Å². The summed E-state index contributed by atoms with van der Waals surface area (Å²) in [5.41, 5.74) is 0.996. The molecule has 0 saturated carbocycles. The number of halogens is 3. The summed E-state index contributed by atoms with van der Waals surface area (Å²) < 4.78 is 63.2. The summed E-state index contributed by atoms with van der Waals surface area (Å²) in [5.74, 6) is 0. The first-order valence-electron chi connectivity index (χ1n) is 8.85. The lowest BCUT2D eigenvalue weighted by Gasteiger charge is -2.09. The van der Waals surface area contributed by atoms with Gasteiger partial charge in [-0.1, -0.05) is 50.1 Å². The molecule has 5 nitrogen and oxygen atoms in total. The highest BCUT2D eigenvalue weighted by atomic mass is 32.2. The van der Waals surface area contributed by atoms with Crippen molar-refractivity contribution in [2.75, 3.05) is 0 Å². The Hall–Kier alpha value is -2.65. The van der Waals surface area contributed by atoms with Crippen LogP contribution < -0.4 is 5.14 Å². The molecule has 0 spiro atoms. The molecule has 0 amide bonds. The zero-order chi connectivity index (χ0) is 21.8. The molecule has 156 valence electrons. The molecule has 0 aliphatic heterocycles. The van der Waals surface area contributed by atoms with E-state index in [0.717, 1.165) is 16.3 Å². The molecule has 0 saturated heterocycles. The van der Waals surface area contributed by atoms with Crippen LogP contribution in [0.2, 0.25) is 0 Å². The number of nitrogens with two attached hydrogens (primary N) is 1. The minimum Gasteiger partial charge on any atom is -0.233 e. The Morgan fingerprint density at radius 1 is 1.00 bits per heavy atom. The minimum atomic E-state index is -4.61. The van der Waals surface area contributed by atoms with Gasteiger partial charge in [0, 0.05) is 5.56 Å². The molecule has 2 aromatic carbocycles. The second-order valence-electron chi connectivity index (χ2n) is 6.44. The molecule has 0 bridgehead atoms. The fraction of sp³-hybridized carbons (Fsp3) is 0.250. The van der Waals surface area contributed by atoms with E-state index in [1.165, 1.54) is 30.7 Å². The van der Waals surface area contributed by atoms with Gasteiger partial charge in [-0.3, -0.25) is 0 Å². The topological polar surface area (TPSA) is 78.0 Å². The molecular formula is C20H22F3N3O2S. The van der Waals surface area contributed by atoms with E-state index >= 15 is 0 Å². The first-order valence-corrected chi connectivity index (χ1v) is 10.4. The number of primary sulfonamides is 1. The summed E-state index contributed by atoms with van der Waals surface area (Å²) >= 11 is 0. The van der Waals surface area contributed by atoms with Gasteiger partial charge in [-0.25, -0.2) is 18.2 Å². The maximum atomic E-state index is 13.1. The molecule has 0 unspecified atom stereocenters. The number of alkyl halides is 3. The molecule has 2 N–H and O–H groups in total. The van der Waals surface area contributed by atoms with Crippen molar-refractivity contribution in [2.45, 2.75) is 38.3 Å². The van der Waals surface area contributed by atoms with E-state index < -0.39 is 21.9 Å². The third kappa shape index (κ3) is 5.68. The third-order valence-corrected chi connectivity index (χ3v) is 4.69. The number of aromatic nitrogens is 2. The molecule has 0 radical (unpaired) electrons. The second-order valence-corrected chi connectivity index (χ2v) is 8.00. The molecule has 1 aromatic heterocycles. The smallest absolute Gasteiger partial charge is 0.233 e. The second kappa shape index (κ2) is 8.79. The fourth-order valence-corrected chi connectivity index (χ4v) is 2.94. The van der Waals surface area contributed by atoms with Crippen molar-refractivity contribution in [3.05, 3.63) is 65.9 Å². The lowest BCUT2D eigenvalue weighted by atomic mass is 10.1. The zero-order valence-electron chi connectivity index (χ0n) is 16.2. The Kier molecular flexibility index (Phi) is 6.86. The normalized spacial score (nSPS) is 11.7. The average Bonchev–Trinajstić information content (AvgIpc) is 3.08. The van der Waals surface area contributed by atoms with Gasteiger partial charge in [-0.15, -0.1) is 0 Å². The first kappa shape index (κ1) is 22.6. The highest BCUT2D eigenvalue weighted by Gasteiger charge is 2.35. The summed E-state index contributed by atoms with van der Waals surface area (Å²) in [6, 6.07) is 13.1. The van der Waals surface area contributed by atoms with Gasteiger partial charge in [0.1, 0.15) is 0 Å². The van der Waals surface area contributed by atoms with E-state index in [-0.39, 0.29) is 16.3 Å². The highest BCUT2D eigenvalue weighted by Crippen LogP contribution is 2.33. The molecule has 3 rings (SSSR count). The summed E-state index contributed by atoms with van der Waals surface area (Å²) in [7, 11) is -3.90. The van der Waals surface area contributed by atoms with Gasteiger partial charge in [-0.05, 0) is 37.3 Å². The Balaban J connectivity index is 0.000000941. The van der Waals surface area contributed by atoms with E-state index in [1.54, 1.807) is 24.3 Å². The predicted octanol–water partition coefficient (Wildman–Crippen LogP) is 4.93. The van der Waals surface area contributed by atoms with Crippen LogP contribution in [-0.4, -0.2) is 18.2 Å². The molecular weight excluding hydrogens is 403 g/mol. The summed E-state index contributed by atoms with van der Waals surface area (Å²) in [5, 5.41) is 8.70. The van der Waals surface area contributed by atoms with Gasteiger partial charge in [-0.2, -0.15) is 18.3 Å². The standard InChI is InChI=1S/C17H14F3N3O2S.C3H8/c1-11-2-4-12(5-3-11)15-10-16(17(18,19)20)22-23(15)13-6-8-14(9-7-13)26(21,24)25;1-3-2/h2-10H,1H3,(H2,21,24,25);3H2,1-2H3. The fourth-order valence-electron chi connectivity index (χ4n) is 2.42. The predicted molar refractivity (Wildman–Crippen MR) is 106 cm³/mol. The van der Waals surface area contributed by atoms with Crippen molar-refractivity contribution in [3.8, 4) is 16.9 Å². The van der Waals surface area contributed by atoms with Crippen molar-refractivity contribution in [1.82, 2.24) is 9.78 Å². The van der Waals surface area contributed by atoms with Gasteiger partial charge >= 0.3 is 6.18 Å². The van der Waals surface area contributed by atoms with Crippen LogP contribution in [0.1, 0.15) is 31.5 Å². The van der Waals surface area contributed by atoms with Crippen molar-refractivity contribution in [2.24, 2.45) is 5.14 Å². The summed E-state index contributed by atoms with van der Waals surface area (Å²) in [4.78, 5) is -0.138. The lowest BCUT2D eigenvalue weighted by molar-refractivity contribution is -0.141. The Morgan fingerprint density at radius 3 is 1.97 bits per heavy atom. The van der Waals surface area contributed by atoms with E-state index in [1.807, 2.05) is 6.92 Å². The summed E-state index contributed by atoms with van der Waals surface area (Å²) in [6.07, 6.45) is -3.36. The SMILES string of the molecule is CCC.Cc1ccc(-c2cc(C(F)(F)F)nn2-c2ccc(S(N)(=O)=O)cc2)cc1. The molecule has 0 aliphatic carbocycles. The maximum Gasteiger partial charge on any atom is 0.435 e. The molecule has 0 atom stereocenters. The van der Waals surface area contributed by atoms with Crippen LogP contribution in [0.15, 0.2) is 59.5 Å². The quantitative estimate of drug-likeness (QED) is 0.646. The van der Waals surface area contributed by atoms with E-state index in [9.17, 15) is 21.6 Å². The molecule has 0 aliphatic rings. The van der Waals surface area contributed by atoms with Crippen LogP contribution in [0, 0.1) is 6.92 Å². The Labute approximate surface area is 168 Å². The van der Waals surface area contributed by atoms with Gasteiger partial charge in [0.25, 0.3) is 0 Å². The van der Waals surface area contributed by atoms with Crippen molar-refractivity contribution in [3.63, 3.8) is 0 Å². The number of sulfonamides is 1. The van der Waals surface area contributed by atoms with Crippen LogP contribution >= 0.6 is 0 Å². The van der Waals surface area contributed by atoms with Gasteiger partial charge in [0.05, 0.1) is 16.3 Å². The van der Waals surface area contributed by atoms with Crippen LogP contribution in [0.3, 0.4) is 0 Å². The van der Waals surface area contributed by atoms with Gasteiger partial charge < -0.3 is 0 Å². The number of aryl methyl sites for hydroxylation is 1. The molecule has 29 heavy (non-hydrogen) atoms. The van der Waals surface area contributed by atoms with Crippen LogP contribution in [0.25, 0.3) is 16.9 Å². The van der Waals surface area contributed by atoms with Gasteiger partial charge in [0.15, 0.2) is 5.69 Å². The third-order valence-electron chi connectivity index (χ3n) is 3.76. The average molecular weight is 425 g/mol. The number of benzene rings is 2. The molecule has 1 heterocycles. The largest absolute Gasteiger partial charge is 0.435 e. The molecule has 9 heteroatoms. The number of hydrogen-bond donors (Lipinski definition) is 1. The van der Waals surface area contributed by atoms with Crippen LogP contribution in [0.5, 0.6) is 0 Å². The summed E-state index contributed by atoms with van der Waals surface area (Å²) in [6.45, 7) is 6.12. The Morgan fingerprint density at radius 2 is 1.52 bits per heavy atom. The number of hydrogen-bond acceptors (Lipinski definition) is 3. The number of rotatable bonds is 3. The van der Waals surface area contributed by atoms with Crippen LogP contribution in [-0.2, 0) is 16.2 Å². The van der Waals surface area contributed by atoms with Crippen molar-refractivity contribution >= 4 is 10.0 Å². The first-order chi connectivity index (χ1) is 13.5. The number of nitrogens with zero attached hydrogens (tertiary/aromatic N) is 2. The van der Waals surface area contributed by atoms with Gasteiger partial charge in [0.2, 0.25) is 10.0 Å².